The molecule has 2 atom stereocenters. The van der Waals surface area contributed by atoms with Crippen molar-refractivity contribution in [3.63, 3.8) is 0 Å². The molecule has 146 valence electrons. The maximum Gasteiger partial charge on any atom is 0.220 e. The highest BCUT2D eigenvalue weighted by molar-refractivity contribution is 5.76. The lowest BCUT2D eigenvalue weighted by Crippen LogP contribution is -2.51. The topological polar surface area (TPSA) is 71.3 Å². The first-order valence-corrected chi connectivity index (χ1v) is 9.65. The molecule has 0 aliphatic carbocycles. The monoisotopic (exact) mass is 378 g/mol. The van der Waals surface area contributed by atoms with Crippen molar-refractivity contribution in [2.45, 2.75) is 45.3 Å². The number of rotatable bonds is 6. The van der Waals surface area contributed by atoms with Gasteiger partial charge in [0.05, 0.1) is 24.3 Å². The summed E-state index contributed by atoms with van der Waals surface area (Å²) in [7, 11) is 0. The summed E-state index contributed by atoms with van der Waals surface area (Å²) in [5.74, 6) is 0.697. The zero-order chi connectivity index (χ0) is 19.9. The van der Waals surface area contributed by atoms with Crippen molar-refractivity contribution in [2.75, 3.05) is 13.2 Å². The summed E-state index contributed by atoms with van der Waals surface area (Å²) < 4.78 is 11.5. The number of hydrogen-bond donors (Lipinski definition) is 1. The predicted octanol–water partition coefficient (Wildman–Crippen LogP) is 3.46. The Labute approximate surface area is 166 Å². The van der Waals surface area contributed by atoms with Crippen LogP contribution in [-0.2, 0) is 16.0 Å². The molecular formula is C23H26N2O3. The highest BCUT2D eigenvalue weighted by Gasteiger charge is 2.28. The lowest BCUT2D eigenvalue weighted by atomic mass is 10.0. The summed E-state index contributed by atoms with van der Waals surface area (Å²) >= 11 is 0. The maximum atomic E-state index is 12.5. The average molecular weight is 378 g/mol. The van der Waals surface area contributed by atoms with Gasteiger partial charge in [-0.05, 0) is 67.6 Å². The van der Waals surface area contributed by atoms with Crippen molar-refractivity contribution >= 4 is 5.91 Å². The van der Waals surface area contributed by atoms with Gasteiger partial charge in [0.25, 0.3) is 0 Å². The van der Waals surface area contributed by atoms with Crippen LogP contribution in [0.25, 0.3) is 0 Å². The normalized spacial score (nSPS) is 18.9. The molecule has 1 fully saturated rings. The van der Waals surface area contributed by atoms with E-state index in [4.69, 9.17) is 14.7 Å². The maximum absolute atomic E-state index is 12.5. The Morgan fingerprint density at radius 3 is 2.71 bits per heavy atom. The van der Waals surface area contributed by atoms with Gasteiger partial charge in [-0.15, -0.1) is 0 Å². The summed E-state index contributed by atoms with van der Waals surface area (Å²) in [6, 6.07) is 15.3. The first kappa shape index (κ1) is 19.9. The second kappa shape index (κ2) is 9.38. The van der Waals surface area contributed by atoms with Crippen LogP contribution in [0.15, 0.2) is 42.5 Å². The minimum absolute atomic E-state index is 0.0264. The van der Waals surface area contributed by atoms with E-state index in [2.05, 4.69) is 43.4 Å². The molecule has 0 unspecified atom stereocenters. The van der Waals surface area contributed by atoms with Gasteiger partial charge in [0.15, 0.2) is 0 Å². The van der Waals surface area contributed by atoms with Crippen molar-refractivity contribution < 1.29 is 14.3 Å². The third kappa shape index (κ3) is 5.34. The van der Waals surface area contributed by atoms with Crippen LogP contribution in [0.3, 0.4) is 0 Å². The van der Waals surface area contributed by atoms with E-state index in [0.717, 1.165) is 12.8 Å². The third-order valence-electron chi connectivity index (χ3n) is 5.13. The van der Waals surface area contributed by atoms with Crippen LogP contribution >= 0.6 is 0 Å². The predicted molar refractivity (Wildman–Crippen MR) is 107 cm³/mol. The van der Waals surface area contributed by atoms with Crippen LogP contribution in [0.5, 0.6) is 5.75 Å². The van der Waals surface area contributed by atoms with E-state index in [1.54, 1.807) is 24.3 Å². The Balaban J connectivity index is 1.54. The smallest absolute Gasteiger partial charge is 0.220 e. The fourth-order valence-electron chi connectivity index (χ4n) is 3.27. The summed E-state index contributed by atoms with van der Waals surface area (Å²) in [5.41, 5.74) is 4.27. The second-order valence-electron chi connectivity index (χ2n) is 7.25. The number of ether oxygens (including phenoxy) is 2. The SMILES string of the molecule is Cc1ccc(CCC(=O)N[C@@H]2CCOC[C@H]2Oc2ccc(C#N)cc2)cc1C. The van der Waals surface area contributed by atoms with Crippen molar-refractivity contribution in [3.05, 3.63) is 64.7 Å². The molecule has 28 heavy (non-hydrogen) atoms. The minimum Gasteiger partial charge on any atom is -0.486 e. The van der Waals surface area contributed by atoms with Gasteiger partial charge in [-0.3, -0.25) is 4.79 Å². The minimum atomic E-state index is -0.243. The molecule has 0 bridgehead atoms. The molecule has 0 aromatic heterocycles. The van der Waals surface area contributed by atoms with Gasteiger partial charge in [0, 0.05) is 13.0 Å². The molecule has 3 rings (SSSR count). The molecule has 1 heterocycles. The third-order valence-corrected chi connectivity index (χ3v) is 5.13. The van der Waals surface area contributed by atoms with Gasteiger partial charge in [-0.1, -0.05) is 18.2 Å². The summed E-state index contributed by atoms with van der Waals surface area (Å²) in [5, 5.41) is 12.0. The van der Waals surface area contributed by atoms with E-state index in [0.29, 0.717) is 30.9 Å². The lowest BCUT2D eigenvalue weighted by molar-refractivity contribution is -0.123. The Bertz CT molecular complexity index is 855. The molecule has 0 radical (unpaired) electrons. The highest BCUT2D eigenvalue weighted by atomic mass is 16.5. The Morgan fingerprint density at radius 1 is 1.21 bits per heavy atom. The van der Waals surface area contributed by atoms with Crippen LogP contribution in [0.1, 0.15) is 35.1 Å². The fourth-order valence-corrected chi connectivity index (χ4v) is 3.27. The molecule has 2 aromatic rings. The second-order valence-corrected chi connectivity index (χ2v) is 7.25. The number of benzene rings is 2. The number of nitrogens with zero attached hydrogens (tertiary/aromatic N) is 1. The van der Waals surface area contributed by atoms with Gasteiger partial charge < -0.3 is 14.8 Å². The molecule has 1 amide bonds. The van der Waals surface area contributed by atoms with E-state index in [9.17, 15) is 4.79 Å². The van der Waals surface area contributed by atoms with Crippen molar-refractivity contribution in [3.8, 4) is 11.8 Å². The number of carbonyl (C=O) groups is 1. The van der Waals surface area contributed by atoms with E-state index >= 15 is 0 Å². The van der Waals surface area contributed by atoms with E-state index < -0.39 is 0 Å². The van der Waals surface area contributed by atoms with E-state index in [1.807, 2.05) is 0 Å². The average Bonchev–Trinajstić information content (AvgIpc) is 2.71. The summed E-state index contributed by atoms with van der Waals surface area (Å²) in [6.45, 7) is 5.22. The van der Waals surface area contributed by atoms with Crippen LogP contribution in [0.2, 0.25) is 0 Å². The number of nitrogens with one attached hydrogen (secondary N) is 1. The number of carbonyl (C=O) groups excluding carboxylic acids is 1. The van der Waals surface area contributed by atoms with Crippen molar-refractivity contribution in [2.24, 2.45) is 0 Å². The number of nitriles is 1. The fraction of sp³-hybridized carbons (Fsp3) is 0.391. The molecule has 1 saturated heterocycles. The zero-order valence-electron chi connectivity index (χ0n) is 16.4. The number of aryl methyl sites for hydroxylation is 3. The number of amides is 1. The molecule has 1 aliphatic heterocycles. The van der Waals surface area contributed by atoms with Gasteiger partial charge in [0.1, 0.15) is 11.9 Å². The number of hydrogen-bond acceptors (Lipinski definition) is 4. The quantitative estimate of drug-likeness (QED) is 0.836. The van der Waals surface area contributed by atoms with E-state index in [-0.39, 0.29) is 18.1 Å². The van der Waals surface area contributed by atoms with Gasteiger partial charge >= 0.3 is 0 Å². The Hall–Kier alpha value is -2.84. The molecular weight excluding hydrogens is 352 g/mol. The first-order chi connectivity index (χ1) is 13.5. The summed E-state index contributed by atoms with van der Waals surface area (Å²) in [6.07, 6.45) is 1.64. The lowest BCUT2D eigenvalue weighted by Gasteiger charge is -2.32. The van der Waals surface area contributed by atoms with Crippen LogP contribution in [-0.4, -0.2) is 31.3 Å². The molecule has 5 heteroatoms. The highest BCUT2D eigenvalue weighted by Crippen LogP contribution is 2.19. The standard InChI is InChI=1S/C23H26N2O3/c1-16-3-4-18(13-17(16)2)7-10-23(26)25-21-11-12-27-15-22(21)28-20-8-5-19(14-24)6-9-20/h3-6,8-9,13,21-22H,7,10-12,15H2,1-2H3,(H,25,26)/t21-,22-/m1/s1. The Kier molecular flexibility index (Phi) is 6.67. The van der Waals surface area contributed by atoms with Gasteiger partial charge in [-0.25, -0.2) is 0 Å². The van der Waals surface area contributed by atoms with Crippen molar-refractivity contribution in [1.29, 1.82) is 5.26 Å². The van der Waals surface area contributed by atoms with Crippen molar-refractivity contribution in [1.82, 2.24) is 5.32 Å². The first-order valence-electron chi connectivity index (χ1n) is 9.65. The van der Waals surface area contributed by atoms with Gasteiger partial charge in [-0.2, -0.15) is 5.26 Å². The molecule has 2 aromatic carbocycles. The van der Waals surface area contributed by atoms with E-state index in [1.165, 1.54) is 16.7 Å². The molecule has 0 saturated carbocycles. The summed E-state index contributed by atoms with van der Waals surface area (Å²) in [4.78, 5) is 12.5. The van der Waals surface area contributed by atoms with Crippen LogP contribution in [0.4, 0.5) is 0 Å². The largest absolute Gasteiger partial charge is 0.486 e. The zero-order valence-corrected chi connectivity index (χ0v) is 16.4. The van der Waals surface area contributed by atoms with Gasteiger partial charge in [0.2, 0.25) is 5.91 Å². The Morgan fingerprint density at radius 2 is 2.00 bits per heavy atom. The van der Waals surface area contributed by atoms with Crippen LogP contribution in [0, 0.1) is 25.2 Å². The molecule has 1 aliphatic rings. The molecule has 0 spiro atoms. The van der Waals surface area contributed by atoms with Crippen LogP contribution < -0.4 is 10.1 Å². The molecule has 1 N–H and O–H groups in total. The molecule has 5 nitrogen and oxygen atoms in total.